The fourth-order valence-corrected chi connectivity index (χ4v) is 3.15. The maximum absolute atomic E-state index is 9.74. The van der Waals surface area contributed by atoms with E-state index in [0.717, 1.165) is 9.99 Å². The Morgan fingerprint density at radius 1 is 1.13 bits per heavy atom. The van der Waals surface area contributed by atoms with Crippen LogP contribution < -0.4 is 0 Å². The van der Waals surface area contributed by atoms with Crippen LogP contribution in [0.1, 0.15) is 19.6 Å². The summed E-state index contributed by atoms with van der Waals surface area (Å²) in [5, 5.41) is 18.8. The molecule has 3 heterocycles. The number of pyridine rings is 2. The number of rotatable bonds is 1. The van der Waals surface area contributed by atoms with Crippen molar-refractivity contribution in [3.05, 3.63) is 49.0 Å². The molecule has 8 heteroatoms. The highest BCUT2D eigenvalue weighted by molar-refractivity contribution is 14.1. The lowest BCUT2D eigenvalue weighted by Gasteiger charge is -2.12. The number of furan rings is 1. The van der Waals surface area contributed by atoms with Crippen molar-refractivity contribution in [2.24, 2.45) is 0 Å². The average Bonchev–Trinajstić information content (AvgIpc) is 2.91. The predicted octanol–water partition coefficient (Wildman–Crippen LogP) is 4.97. The van der Waals surface area contributed by atoms with Gasteiger partial charge >= 0.3 is 0 Å². The quantitative estimate of drug-likeness (QED) is 0.327. The van der Waals surface area contributed by atoms with Crippen LogP contribution in [-0.2, 0) is 5.60 Å². The van der Waals surface area contributed by atoms with Crippen LogP contribution in [0.15, 0.2) is 44.0 Å². The van der Waals surface area contributed by atoms with Crippen LogP contribution in [-0.4, -0.2) is 20.2 Å². The molecule has 0 aliphatic heterocycles. The number of aromatic hydroxyl groups is 1. The summed E-state index contributed by atoms with van der Waals surface area (Å²) in [6, 6.07) is 5.25. The number of nitrogens with zero attached hydrogens (tertiary/aromatic N) is 2. The fourth-order valence-electron chi connectivity index (χ4n) is 1.62. The first kappa shape index (κ1) is 18.6. The zero-order valence-electron chi connectivity index (χ0n) is 12.2. The molecule has 3 rings (SSSR count). The summed E-state index contributed by atoms with van der Waals surface area (Å²) >= 11 is 8.47. The van der Waals surface area contributed by atoms with E-state index in [1.165, 1.54) is 0 Å². The van der Waals surface area contributed by atoms with Crippen LogP contribution >= 0.6 is 54.5 Å². The second kappa shape index (κ2) is 7.45. The van der Waals surface area contributed by atoms with Crippen molar-refractivity contribution < 1.29 is 14.6 Å². The first-order valence-electron chi connectivity index (χ1n) is 6.46. The second-order valence-electron chi connectivity index (χ2n) is 5.11. The van der Waals surface area contributed by atoms with Gasteiger partial charge in [-0.2, -0.15) is 0 Å². The first-order valence-corrected chi connectivity index (χ1v) is 9.12. The summed E-state index contributed by atoms with van der Waals surface area (Å²) in [6.07, 6.45) is 3.32. The summed E-state index contributed by atoms with van der Waals surface area (Å²) in [5.41, 5.74) is 0.446. The Hall–Kier alpha value is -0.710. The lowest BCUT2D eigenvalue weighted by molar-refractivity contribution is 0.0558. The normalized spacial score (nSPS) is 11.2. The molecule has 0 unspecified atom stereocenters. The third kappa shape index (κ3) is 4.65. The molecule has 122 valence electrons. The van der Waals surface area contributed by atoms with Gasteiger partial charge in [0.05, 0.1) is 8.95 Å². The fraction of sp³-hybridized carbons (Fsp3) is 0.200. The molecule has 2 N–H and O–H groups in total. The zero-order valence-corrected chi connectivity index (χ0v) is 17.5. The van der Waals surface area contributed by atoms with E-state index >= 15 is 0 Å². The van der Waals surface area contributed by atoms with Gasteiger partial charge in [0, 0.05) is 18.5 Å². The average molecular weight is 556 g/mol. The molecule has 0 aliphatic carbocycles. The highest BCUT2D eigenvalue weighted by Crippen LogP contribution is 2.30. The lowest BCUT2D eigenvalue weighted by Crippen LogP contribution is -2.13. The second-order valence-corrected chi connectivity index (χ2v) is 7.84. The molecule has 23 heavy (non-hydrogen) atoms. The molecule has 0 bridgehead atoms. The van der Waals surface area contributed by atoms with Crippen molar-refractivity contribution in [3.8, 4) is 5.75 Å². The Bertz CT molecular complexity index is 811. The van der Waals surface area contributed by atoms with Crippen LogP contribution in [0, 0.1) is 3.70 Å². The van der Waals surface area contributed by atoms with Crippen molar-refractivity contribution in [1.82, 2.24) is 9.97 Å². The van der Waals surface area contributed by atoms with E-state index in [-0.39, 0.29) is 5.75 Å². The Morgan fingerprint density at radius 2 is 1.74 bits per heavy atom. The molecule has 0 atom stereocenters. The van der Waals surface area contributed by atoms with Gasteiger partial charge in [-0.25, -0.2) is 4.98 Å². The molecule has 0 saturated heterocycles. The molecule has 0 amide bonds. The molecule has 0 fully saturated rings. The summed E-state index contributed by atoms with van der Waals surface area (Å²) < 4.78 is 7.64. The van der Waals surface area contributed by atoms with Crippen LogP contribution in [0.25, 0.3) is 11.1 Å². The Kier molecular flexibility index (Phi) is 6.04. The van der Waals surface area contributed by atoms with Gasteiger partial charge in [0.15, 0.2) is 11.3 Å². The molecular formula is C15H13Br2IN2O3. The van der Waals surface area contributed by atoms with E-state index in [1.54, 1.807) is 44.4 Å². The monoisotopic (exact) mass is 554 g/mol. The molecular weight excluding hydrogens is 543 g/mol. The number of aliphatic hydroxyl groups is 1. The summed E-state index contributed by atoms with van der Waals surface area (Å²) in [5.74, 6) is 0.727. The topological polar surface area (TPSA) is 79.4 Å². The summed E-state index contributed by atoms with van der Waals surface area (Å²) in [4.78, 5) is 7.99. The van der Waals surface area contributed by atoms with Crippen molar-refractivity contribution in [3.63, 3.8) is 0 Å². The lowest BCUT2D eigenvalue weighted by atomic mass is 10.1. The van der Waals surface area contributed by atoms with E-state index in [2.05, 4.69) is 41.8 Å². The maximum Gasteiger partial charge on any atom is 0.167 e. The number of fused-ring (bicyclic) bond motifs is 1. The SMILES string of the molecule is CC(C)(O)c1cc2nccc(Br)c2o1.Oc1c(Br)ccnc1I. The zero-order chi connectivity index (χ0) is 17.2. The Balaban J connectivity index is 0.000000185. The molecule has 3 aromatic heterocycles. The minimum Gasteiger partial charge on any atom is -0.504 e. The van der Waals surface area contributed by atoms with Crippen LogP contribution in [0.3, 0.4) is 0 Å². The van der Waals surface area contributed by atoms with Gasteiger partial charge < -0.3 is 14.6 Å². The molecule has 0 spiro atoms. The molecule has 0 aliphatic rings. The van der Waals surface area contributed by atoms with Gasteiger partial charge in [-0.1, -0.05) is 0 Å². The van der Waals surface area contributed by atoms with E-state index in [4.69, 9.17) is 9.52 Å². The van der Waals surface area contributed by atoms with Crippen LogP contribution in [0.2, 0.25) is 0 Å². The van der Waals surface area contributed by atoms with Crippen LogP contribution in [0.4, 0.5) is 0 Å². The molecule has 0 saturated carbocycles. The maximum atomic E-state index is 9.74. The van der Waals surface area contributed by atoms with E-state index in [9.17, 15) is 5.11 Å². The number of halogens is 3. The molecule has 3 aromatic rings. The van der Waals surface area contributed by atoms with Gasteiger partial charge in [0.2, 0.25) is 0 Å². The van der Waals surface area contributed by atoms with E-state index in [1.807, 2.05) is 22.6 Å². The van der Waals surface area contributed by atoms with E-state index < -0.39 is 5.60 Å². The Morgan fingerprint density at radius 3 is 2.26 bits per heavy atom. The minimum absolute atomic E-state index is 0.207. The smallest absolute Gasteiger partial charge is 0.167 e. The summed E-state index contributed by atoms with van der Waals surface area (Å²) in [6.45, 7) is 3.36. The highest BCUT2D eigenvalue weighted by Gasteiger charge is 2.22. The van der Waals surface area contributed by atoms with Gasteiger partial charge in [-0.05, 0) is 80.4 Å². The molecule has 0 aromatic carbocycles. The predicted molar refractivity (Wildman–Crippen MR) is 103 cm³/mol. The van der Waals surface area contributed by atoms with Crippen molar-refractivity contribution >= 4 is 65.6 Å². The van der Waals surface area contributed by atoms with Crippen molar-refractivity contribution in [2.75, 3.05) is 0 Å². The van der Waals surface area contributed by atoms with Gasteiger partial charge in [-0.3, -0.25) is 4.98 Å². The Labute approximate surface area is 163 Å². The number of aromatic nitrogens is 2. The summed E-state index contributed by atoms with van der Waals surface area (Å²) in [7, 11) is 0. The highest BCUT2D eigenvalue weighted by atomic mass is 127. The van der Waals surface area contributed by atoms with Gasteiger partial charge in [0.25, 0.3) is 0 Å². The number of hydrogen-bond acceptors (Lipinski definition) is 5. The van der Waals surface area contributed by atoms with Gasteiger partial charge in [0.1, 0.15) is 20.6 Å². The minimum atomic E-state index is -0.972. The third-order valence-electron chi connectivity index (χ3n) is 2.80. The molecule has 0 radical (unpaired) electrons. The number of hydrogen-bond donors (Lipinski definition) is 2. The third-order valence-corrected chi connectivity index (χ3v) is 4.85. The largest absolute Gasteiger partial charge is 0.504 e. The standard InChI is InChI=1S/C10H10BrNO2.C5H3BrINO/c1-10(2,13)8-5-7-9(14-8)6(11)3-4-12-7;6-3-1-2-8-5(7)4(3)9/h3-5,13H,1-2H3;1-2,9H. The van der Waals surface area contributed by atoms with Crippen LogP contribution in [0.5, 0.6) is 5.75 Å². The molecule has 5 nitrogen and oxygen atoms in total. The van der Waals surface area contributed by atoms with E-state index in [0.29, 0.717) is 19.5 Å². The van der Waals surface area contributed by atoms with Gasteiger partial charge in [-0.15, -0.1) is 0 Å². The van der Waals surface area contributed by atoms with Crippen molar-refractivity contribution in [1.29, 1.82) is 0 Å². The van der Waals surface area contributed by atoms with Crippen molar-refractivity contribution in [2.45, 2.75) is 19.4 Å². The first-order chi connectivity index (χ1) is 10.7.